The van der Waals surface area contributed by atoms with Crippen LogP contribution in [0.5, 0.6) is 5.75 Å². The van der Waals surface area contributed by atoms with Crippen molar-refractivity contribution in [3.05, 3.63) is 83.0 Å². The van der Waals surface area contributed by atoms with E-state index in [1.54, 1.807) is 25.4 Å². The van der Waals surface area contributed by atoms with Gasteiger partial charge in [0.1, 0.15) is 23.3 Å². The molecule has 5 aliphatic heterocycles. The van der Waals surface area contributed by atoms with Crippen LogP contribution in [0.3, 0.4) is 0 Å². The van der Waals surface area contributed by atoms with E-state index in [4.69, 9.17) is 14.7 Å². The number of aromatic amines is 1. The lowest BCUT2D eigenvalue weighted by Crippen LogP contribution is -2.54. The number of sulfonamides is 1. The summed E-state index contributed by atoms with van der Waals surface area (Å²) in [5, 5.41) is 9.84. The molecule has 7 heterocycles. The lowest BCUT2D eigenvalue weighted by atomic mass is 9.92. The number of H-pyrrole nitrogens is 1. The van der Waals surface area contributed by atoms with Crippen molar-refractivity contribution in [2.24, 2.45) is 5.92 Å². The van der Waals surface area contributed by atoms with E-state index < -0.39 is 39.7 Å². The second kappa shape index (κ2) is 17.5. The van der Waals surface area contributed by atoms with Gasteiger partial charge in [-0.3, -0.25) is 38.6 Å². The zero-order chi connectivity index (χ0) is 46.7. The molecule has 67 heavy (non-hydrogen) atoms. The van der Waals surface area contributed by atoms with E-state index in [2.05, 4.69) is 61.6 Å². The van der Waals surface area contributed by atoms with Crippen LogP contribution in [0.15, 0.2) is 60.8 Å². The number of aryl methyl sites for hydroxylation is 1. The molecule has 5 aromatic rings. The Morgan fingerprint density at radius 1 is 0.851 bits per heavy atom. The smallest absolute Gasteiger partial charge is 0.262 e. The standard InChI is InChI=1S/C48H55N11O7S/c1-28-24-37(51-48-53-43-34(12-17-49-43)44(54-48)50-36-7-5-6-31-16-21-58(42(31)36)67(4,64)65)40(66-3)26-39(28)57-23-22-55(29(2)27-57)18-13-30-14-19-56(20-15-30)32-8-9-33-35(25-32)47(63)59(46(33)62)38-10-11-41(60)52-45(38)61/h5-9,12,17,24-26,29-30,38H,10-11,13-16,18-23,27H2,1-4H3,(H,52,60,61)(H3,49,50,51,53,54)/t29-,38?/m1/s1. The molecule has 18 nitrogen and oxygen atoms in total. The van der Waals surface area contributed by atoms with Crippen LogP contribution in [-0.4, -0.2) is 128 Å². The number of para-hydroxylation sites is 1. The first kappa shape index (κ1) is 44.1. The Morgan fingerprint density at radius 3 is 2.42 bits per heavy atom. The summed E-state index contributed by atoms with van der Waals surface area (Å²) in [6, 6.07) is 16.5. The van der Waals surface area contributed by atoms with Gasteiger partial charge in [-0.1, -0.05) is 12.1 Å². The monoisotopic (exact) mass is 929 g/mol. The number of carbonyl (C=O) groups is 4. The molecule has 3 fully saturated rings. The molecule has 1 unspecified atom stereocenters. The van der Waals surface area contributed by atoms with Gasteiger partial charge in [-0.2, -0.15) is 9.97 Å². The number of ether oxygens (including phenoxy) is 1. The van der Waals surface area contributed by atoms with Gasteiger partial charge in [0.2, 0.25) is 27.8 Å². The van der Waals surface area contributed by atoms with E-state index in [-0.39, 0.29) is 12.8 Å². The highest BCUT2D eigenvalue weighted by atomic mass is 32.2. The predicted molar refractivity (Wildman–Crippen MR) is 256 cm³/mol. The Hall–Kier alpha value is -6.73. The van der Waals surface area contributed by atoms with Crippen molar-refractivity contribution >= 4 is 84.9 Å². The van der Waals surface area contributed by atoms with Crippen LogP contribution in [0.4, 0.5) is 40.2 Å². The Morgan fingerprint density at radius 2 is 1.66 bits per heavy atom. The van der Waals surface area contributed by atoms with Crippen molar-refractivity contribution in [1.29, 1.82) is 0 Å². The molecule has 2 aromatic heterocycles. The number of carbonyl (C=O) groups excluding carboxylic acids is 4. The molecule has 0 spiro atoms. The molecule has 19 heteroatoms. The molecule has 4 N–H and O–H groups in total. The number of rotatable bonds is 12. The number of imide groups is 2. The Balaban J connectivity index is 0.748. The Kier molecular flexibility index (Phi) is 11.5. The van der Waals surface area contributed by atoms with Crippen LogP contribution in [0, 0.1) is 12.8 Å². The largest absolute Gasteiger partial charge is 0.494 e. The van der Waals surface area contributed by atoms with Crippen LogP contribution in [-0.2, 0) is 26.0 Å². The Bertz CT molecular complexity index is 2930. The van der Waals surface area contributed by atoms with Crippen molar-refractivity contribution in [1.82, 2.24) is 30.1 Å². The van der Waals surface area contributed by atoms with E-state index in [1.165, 1.54) is 10.6 Å². The molecule has 0 aliphatic carbocycles. The number of aromatic nitrogens is 3. The maximum Gasteiger partial charge on any atom is 0.262 e. The minimum absolute atomic E-state index is 0.0888. The third kappa shape index (κ3) is 8.38. The van der Waals surface area contributed by atoms with Crippen molar-refractivity contribution in [2.45, 2.75) is 64.5 Å². The third-order valence-electron chi connectivity index (χ3n) is 14.1. The zero-order valence-electron chi connectivity index (χ0n) is 38.1. The summed E-state index contributed by atoms with van der Waals surface area (Å²) in [7, 11) is -1.81. The molecular weight excluding hydrogens is 875 g/mol. The molecule has 350 valence electrons. The number of anilines is 7. The quantitative estimate of drug-likeness (QED) is 0.117. The zero-order valence-corrected chi connectivity index (χ0v) is 38.9. The topological polar surface area (TPSA) is 206 Å². The third-order valence-corrected chi connectivity index (χ3v) is 15.3. The van der Waals surface area contributed by atoms with Gasteiger partial charge in [0.05, 0.1) is 46.9 Å². The van der Waals surface area contributed by atoms with Crippen LogP contribution in [0.2, 0.25) is 0 Å². The fraction of sp³-hybridized carbons (Fsp3) is 0.417. The average molecular weight is 930 g/mol. The Labute approximate surface area is 389 Å². The molecule has 4 amide bonds. The van der Waals surface area contributed by atoms with Gasteiger partial charge in [0.25, 0.3) is 11.8 Å². The summed E-state index contributed by atoms with van der Waals surface area (Å²) < 4.78 is 32.8. The average Bonchev–Trinajstić information content (AvgIpc) is 4.03. The molecule has 5 aliphatic rings. The van der Waals surface area contributed by atoms with Gasteiger partial charge in [-0.05, 0) is 106 Å². The first-order chi connectivity index (χ1) is 32.2. The SMILES string of the molecule is COc1cc(N2CCN(CCC3CCN(c4ccc5c(c4)C(=O)N(C4CCC(=O)NC4=O)C5=O)CC3)[C@H](C)C2)c(C)cc1Nc1nc(Nc2cccc3c2N(S(C)(=O)=O)CC3)c2cc[nH]c2n1. The van der Waals surface area contributed by atoms with E-state index in [0.717, 1.165) is 97.0 Å². The highest BCUT2D eigenvalue weighted by Crippen LogP contribution is 2.41. The molecule has 0 bridgehead atoms. The van der Waals surface area contributed by atoms with E-state index in [9.17, 15) is 27.6 Å². The summed E-state index contributed by atoms with van der Waals surface area (Å²) in [6.45, 7) is 10.2. The molecule has 2 atom stereocenters. The lowest BCUT2D eigenvalue weighted by molar-refractivity contribution is -0.136. The maximum absolute atomic E-state index is 13.4. The second-order valence-corrected chi connectivity index (χ2v) is 20.3. The van der Waals surface area contributed by atoms with Crippen molar-refractivity contribution in [3.63, 3.8) is 0 Å². The van der Waals surface area contributed by atoms with Gasteiger partial charge in [0.15, 0.2) is 0 Å². The number of hydrogen-bond donors (Lipinski definition) is 4. The summed E-state index contributed by atoms with van der Waals surface area (Å²) in [4.78, 5) is 72.0. The number of nitrogens with one attached hydrogen (secondary N) is 4. The minimum Gasteiger partial charge on any atom is -0.494 e. The van der Waals surface area contributed by atoms with Crippen molar-refractivity contribution in [3.8, 4) is 5.75 Å². The normalized spacial score (nSPS) is 20.4. The second-order valence-electron chi connectivity index (χ2n) is 18.4. The van der Waals surface area contributed by atoms with E-state index in [1.807, 2.05) is 30.3 Å². The van der Waals surface area contributed by atoms with Crippen LogP contribution < -0.4 is 34.8 Å². The fourth-order valence-corrected chi connectivity index (χ4v) is 11.5. The summed E-state index contributed by atoms with van der Waals surface area (Å²) in [6.07, 6.45) is 7.04. The number of piperidine rings is 2. The summed E-state index contributed by atoms with van der Waals surface area (Å²) in [5.41, 5.74) is 7.29. The number of methoxy groups -OCH3 is 1. The van der Waals surface area contributed by atoms with Gasteiger partial charge < -0.3 is 30.2 Å². The first-order valence-corrected chi connectivity index (χ1v) is 24.9. The summed E-state index contributed by atoms with van der Waals surface area (Å²) in [5.74, 6) is 0.141. The lowest BCUT2D eigenvalue weighted by Gasteiger charge is -2.42. The predicted octanol–water partition coefficient (Wildman–Crippen LogP) is 5.30. The van der Waals surface area contributed by atoms with Gasteiger partial charge >= 0.3 is 0 Å². The summed E-state index contributed by atoms with van der Waals surface area (Å²) >= 11 is 0. The van der Waals surface area contributed by atoms with Crippen LogP contribution in [0.25, 0.3) is 11.0 Å². The van der Waals surface area contributed by atoms with Crippen molar-refractivity contribution in [2.75, 3.05) is 83.9 Å². The molecule has 3 saturated heterocycles. The molecule has 10 rings (SSSR count). The maximum atomic E-state index is 13.4. The molecule has 0 radical (unpaired) electrons. The van der Waals surface area contributed by atoms with Crippen molar-refractivity contribution < 1.29 is 32.3 Å². The first-order valence-electron chi connectivity index (χ1n) is 23.0. The highest BCUT2D eigenvalue weighted by molar-refractivity contribution is 7.92. The van der Waals surface area contributed by atoms with Gasteiger partial charge in [-0.15, -0.1) is 0 Å². The highest BCUT2D eigenvalue weighted by Gasteiger charge is 2.45. The number of amides is 4. The molecule has 0 saturated carbocycles. The molecule has 3 aromatic carbocycles. The number of fused-ring (bicyclic) bond motifs is 3. The number of benzene rings is 3. The van der Waals surface area contributed by atoms with E-state index >= 15 is 0 Å². The van der Waals surface area contributed by atoms with Crippen LogP contribution >= 0.6 is 0 Å². The van der Waals surface area contributed by atoms with Gasteiger partial charge in [-0.25, -0.2) is 8.42 Å². The number of nitrogens with zero attached hydrogens (tertiary/aromatic N) is 7. The number of piperazine rings is 1. The van der Waals surface area contributed by atoms with Gasteiger partial charge in [0, 0.05) is 75.4 Å². The number of hydrogen-bond acceptors (Lipinski definition) is 14. The van der Waals surface area contributed by atoms with E-state index in [0.29, 0.717) is 70.6 Å². The molecular formula is C48H55N11O7S. The minimum atomic E-state index is -3.47. The van der Waals surface area contributed by atoms with Crippen LogP contribution in [0.1, 0.15) is 70.9 Å². The fourth-order valence-electron chi connectivity index (χ4n) is 10.5.